The molecule has 6 heteroatoms. The summed E-state index contributed by atoms with van der Waals surface area (Å²) >= 11 is 1.88. The van der Waals surface area contributed by atoms with Gasteiger partial charge in [0.1, 0.15) is 6.33 Å². The van der Waals surface area contributed by atoms with E-state index < -0.39 is 0 Å². The lowest BCUT2D eigenvalue weighted by Gasteiger charge is -2.21. The lowest BCUT2D eigenvalue weighted by molar-refractivity contribution is 0.0928. The standard InChI is InChI=1S/C8H12N4OS/c13-8(7-9-5-10-12-7)11-6-2-1-3-14-4-6/h5-6H,1-4H2,(H,11,13)(H,9,10,12). The Labute approximate surface area is 86.1 Å². The highest BCUT2D eigenvalue weighted by atomic mass is 32.2. The number of H-pyrrole nitrogens is 1. The number of aromatic amines is 1. The zero-order valence-corrected chi connectivity index (χ0v) is 8.51. The van der Waals surface area contributed by atoms with E-state index in [-0.39, 0.29) is 11.9 Å². The highest BCUT2D eigenvalue weighted by molar-refractivity contribution is 7.99. The number of thioether (sulfide) groups is 1. The van der Waals surface area contributed by atoms with Crippen molar-refractivity contribution in [2.24, 2.45) is 0 Å². The van der Waals surface area contributed by atoms with E-state index in [0.717, 1.165) is 12.2 Å². The number of rotatable bonds is 2. The predicted octanol–water partition coefficient (Wildman–Crippen LogP) is 0.430. The topological polar surface area (TPSA) is 70.7 Å². The van der Waals surface area contributed by atoms with Crippen molar-refractivity contribution < 1.29 is 4.79 Å². The third kappa shape index (κ3) is 2.25. The van der Waals surface area contributed by atoms with Crippen LogP contribution in [-0.4, -0.2) is 38.6 Å². The molecule has 0 aromatic carbocycles. The molecule has 2 N–H and O–H groups in total. The van der Waals surface area contributed by atoms with Crippen molar-refractivity contribution in [3.63, 3.8) is 0 Å². The normalized spacial score (nSPS) is 21.9. The van der Waals surface area contributed by atoms with E-state index >= 15 is 0 Å². The Hall–Kier alpha value is -1.04. The summed E-state index contributed by atoms with van der Waals surface area (Å²) in [6.07, 6.45) is 3.57. The molecule has 1 aromatic rings. The van der Waals surface area contributed by atoms with Crippen molar-refractivity contribution in [1.82, 2.24) is 20.5 Å². The highest BCUT2D eigenvalue weighted by Gasteiger charge is 2.17. The van der Waals surface area contributed by atoms with Gasteiger partial charge in [0.15, 0.2) is 0 Å². The molecule has 1 aliphatic heterocycles. The minimum absolute atomic E-state index is 0.157. The van der Waals surface area contributed by atoms with Gasteiger partial charge in [-0.2, -0.15) is 16.9 Å². The molecule has 0 saturated carbocycles. The number of amides is 1. The van der Waals surface area contributed by atoms with Crippen molar-refractivity contribution in [3.8, 4) is 0 Å². The van der Waals surface area contributed by atoms with Gasteiger partial charge in [0, 0.05) is 11.8 Å². The molecule has 76 valence electrons. The number of hydrogen-bond donors (Lipinski definition) is 2. The molecule has 1 aliphatic rings. The van der Waals surface area contributed by atoms with Crippen LogP contribution in [0, 0.1) is 0 Å². The van der Waals surface area contributed by atoms with Crippen LogP contribution in [-0.2, 0) is 0 Å². The summed E-state index contributed by atoms with van der Waals surface area (Å²) in [6, 6.07) is 0.284. The second-order valence-electron chi connectivity index (χ2n) is 3.22. The van der Waals surface area contributed by atoms with Crippen LogP contribution in [0.4, 0.5) is 0 Å². The van der Waals surface area contributed by atoms with Gasteiger partial charge in [0.2, 0.25) is 5.82 Å². The van der Waals surface area contributed by atoms with Crippen LogP contribution in [0.1, 0.15) is 23.5 Å². The summed E-state index contributed by atoms with van der Waals surface area (Å²) in [5.74, 6) is 2.34. The van der Waals surface area contributed by atoms with E-state index in [9.17, 15) is 4.79 Å². The van der Waals surface area contributed by atoms with Gasteiger partial charge in [0.05, 0.1) is 0 Å². The second kappa shape index (κ2) is 4.45. The summed E-state index contributed by atoms with van der Waals surface area (Å²) < 4.78 is 0. The first kappa shape index (κ1) is 9.51. The van der Waals surface area contributed by atoms with Crippen LogP contribution in [0.3, 0.4) is 0 Å². The average Bonchev–Trinajstić information content (AvgIpc) is 2.72. The number of aromatic nitrogens is 3. The van der Waals surface area contributed by atoms with Gasteiger partial charge in [0.25, 0.3) is 5.91 Å². The summed E-state index contributed by atoms with van der Waals surface area (Å²) in [6.45, 7) is 0. The Morgan fingerprint density at radius 2 is 2.64 bits per heavy atom. The molecule has 1 aromatic heterocycles. The van der Waals surface area contributed by atoms with Gasteiger partial charge >= 0.3 is 0 Å². The van der Waals surface area contributed by atoms with Gasteiger partial charge in [-0.15, -0.1) is 0 Å². The maximum atomic E-state index is 11.5. The molecule has 1 saturated heterocycles. The fraction of sp³-hybridized carbons (Fsp3) is 0.625. The average molecular weight is 212 g/mol. The SMILES string of the molecule is O=C(NC1CCCSC1)c1ncn[nH]1. The largest absolute Gasteiger partial charge is 0.346 e. The lowest BCUT2D eigenvalue weighted by Crippen LogP contribution is -2.38. The molecule has 0 radical (unpaired) electrons. The number of carbonyl (C=O) groups excluding carboxylic acids is 1. The van der Waals surface area contributed by atoms with E-state index in [1.807, 2.05) is 11.8 Å². The van der Waals surface area contributed by atoms with Crippen LogP contribution >= 0.6 is 11.8 Å². The van der Waals surface area contributed by atoms with Gasteiger partial charge in [-0.25, -0.2) is 4.98 Å². The van der Waals surface area contributed by atoms with Crippen LogP contribution in [0.15, 0.2) is 6.33 Å². The molecular weight excluding hydrogens is 200 g/mol. The van der Waals surface area contributed by atoms with Crippen molar-refractivity contribution in [1.29, 1.82) is 0 Å². The number of carbonyl (C=O) groups is 1. The van der Waals surface area contributed by atoms with E-state index in [1.165, 1.54) is 18.5 Å². The van der Waals surface area contributed by atoms with Gasteiger partial charge in [-0.05, 0) is 18.6 Å². The first-order valence-corrected chi connectivity index (χ1v) is 5.75. The van der Waals surface area contributed by atoms with Gasteiger partial charge < -0.3 is 5.32 Å². The molecular formula is C8H12N4OS. The molecule has 0 spiro atoms. The summed E-state index contributed by atoms with van der Waals surface area (Å²) in [4.78, 5) is 15.3. The summed E-state index contributed by atoms with van der Waals surface area (Å²) in [5.41, 5.74) is 0. The minimum Gasteiger partial charge on any atom is -0.346 e. The molecule has 0 bridgehead atoms. The van der Waals surface area contributed by atoms with E-state index in [1.54, 1.807) is 0 Å². The Morgan fingerprint density at radius 1 is 1.71 bits per heavy atom. The van der Waals surface area contributed by atoms with Gasteiger partial charge in [-0.3, -0.25) is 9.89 Å². The molecule has 2 rings (SSSR count). The number of nitrogens with one attached hydrogen (secondary N) is 2. The van der Waals surface area contributed by atoms with Crippen molar-refractivity contribution in [2.45, 2.75) is 18.9 Å². The molecule has 1 fully saturated rings. The third-order valence-corrected chi connectivity index (χ3v) is 3.34. The first-order valence-electron chi connectivity index (χ1n) is 4.60. The van der Waals surface area contributed by atoms with Crippen molar-refractivity contribution >= 4 is 17.7 Å². The van der Waals surface area contributed by atoms with E-state index in [0.29, 0.717) is 5.82 Å². The molecule has 1 atom stereocenters. The fourth-order valence-corrected chi connectivity index (χ4v) is 2.50. The zero-order valence-electron chi connectivity index (χ0n) is 7.69. The first-order chi connectivity index (χ1) is 6.86. The zero-order chi connectivity index (χ0) is 9.80. The van der Waals surface area contributed by atoms with Crippen LogP contribution in [0.5, 0.6) is 0 Å². The Bertz CT molecular complexity index is 294. The molecule has 5 nitrogen and oxygen atoms in total. The highest BCUT2D eigenvalue weighted by Crippen LogP contribution is 2.16. The monoisotopic (exact) mass is 212 g/mol. The Kier molecular flexibility index (Phi) is 3.03. The van der Waals surface area contributed by atoms with Crippen molar-refractivity contribution in [3.05, 3.63) is 12.2 Å². The molecule has 2 heterocycles. The van der Waals surface area contributed by atoms with Crippen LogP contribution in [0.25, 0.3) is 0 Å². The third-order valence-electron chi connectivity index (χ3n) is 2.13. The molecule has 0 aliphatic carbocycles. The maximum absolute atomic E-state index is 11.5. The number of nitrogens with zero attached hydrogens (tertiary/aromatic N) is 2. The Morgan fingerprint density at radius 3 is 3.29 bits per heavy atom. The second-order valence-corrected chi connectivity index (χ2v) is 4.37. The van der Waals surface area contributed by atoms with Crippen LogP contribution < -0.4 is 5.32 Å². The van der Waals surface area contributed by atoms with Crippen LogP contribution in [0.2, 0.25) is 0 Å². The Balaban J connectivity index is 1.87. The van der Waals surface area contributed by atoms with Crippen molar-refractivity contribution in [2.75, 3.05) is 11.5 Å². The quantitative estimate of drug-likeness (QED) is 0.746. The smallest absolute Gasteiger partial charge is 0.288 e. The number of hydrogen-bond acceptors (Lipinski definition) is 4. The molecule has 1 unspecified atom stereocenters. The predicted molar refractivity (Wildman–Crippen MR) is 54.2 cm³/mol. The fourth-order valence-electron chi connectivity index (χ4n) is 1.42. The summed E-state index contributed by atoms with van der Waals surface area (Å²) in [5, 5.41) is 9.11. The van der Waals surface area contributed by atoms with E-state index in [4.69, 9.17) is 0 Å². The minimum atomic E-state index is -0.157. The van der Waals surface area contributed by atoms with E-state index in [2.05, 4.69) is 20.5 Å². The lowest BCUT2D eigenvalue weighted by atomic mass is 10.2. The molecule has 1 amide bonds. The maximum Gasteiger partial charge on any atom is 0.288 e. The summed E-state index contributed by atoms with van der Waals surface area (Å²) in [7, 11) is 0. The molecule has 14 heavy (non-hydrogen) atoms. The van der Waals surface area contributed by atoms with Gasteiger partial charge in [-0.1, -0.05) is 0 Å².